The average Bonchev–Trinajstić information content (AvgIpc) is 2.92. The molecule has 0 aliphatic heterocycles. The summed E-state index contributed by atoms with van der Waals surface area (Å²) in [6.07, 6.45) is -5.96. The van der Waals surface area contributed by atoms with E-state index >= 15 is 0 Å². The van der Waals surface area contributed by atoms with E-state index in [2.05, 4.69) is 5.32 Å². The number of ketones is 1. The highest BCUT2D eigenvalue weighted by Gasteiger charge is 2.94. The van der Waals surface area contributed by atoms with Crippen molar-refractivity contribution in [3.8, 4) is 5.75 Å². The smallest absolute Gasteiger partial charge is 0.386 e. The monoisotopic (exact) mass is 655 g/mol. The summed E-state index contributed by atoms with van der Waals surface area (Å²) in [5.74, 6) is -61.6. The number of carbonyl (C=O) groups is 2. The number of Topliss-reactive ketones (excluding diaryl/α,β-unsaturated/α-hetero) is 1. The minimum Gasteiger partial charge on any atom is -0.423 e. The molecule has 240 valence electrons. The van der Waals surface area contributed by atoms with Crippen molar-refractivity contribution in [1.82, 2.24) is 0 Å². The predicted molar refractivity (Wildman–Crippen MR) is 112 cm³/mol. The van der Waals surface area contributed by atoms with Gasteiger partial charge in [-0.3, -0.25) is 4.79 Å². The Morgan fingerprint density at radius 3 is 1.42 bits per heavy atom. The maximum Gasteiger partial charge on any atom is 0.386 e. The Morgan fingerprint density at radius 2 is 1.00 bits per heavy atom. The molecule has 20 heteroatoms. The van der Waals surface area contributed by atoms with Crippen molar-refractivity contribution in [2.45, 2.75) is 47.9 Å². The summed E-state index contributed by atoms with van der Waals surface area (Å²) in [4.78, 5) is 24.1. The molecule has 0 saturated heterocycles. The van der Waals surface area contributed by atoms with E-state index in [1.165, 1.54) is 24.3 Å². The second kappa shape index (κ2) is 11.1. The third kappa shape index (κ3) is 5.43. The van der Waals surface area contributed by atoms with Crippen LogP contribution in [0.15, 0.2) is 48.5 Å². The van der Waals surface area contributed by atoms with Crippen LogP contribution in [0.25, 0.3) is 0 Å². The first-order valence-electron chi connectivity index (χ1n) is 10.8. The number of hydrogen-bond donors (Lipinski definition) is 1. The Bertz CT molecular complexity index is 1330. The van der Waals surface area contributed by atoms with Gasteiger partial charge in [0, 0.05) is 18.3 Å². The van der Waals surface area contributed by atoms with Crippen molar-refractivity contribution < 1.29 is 84.6 Å². The fourth-order valence-electron chi connectivity index (χ4n) is 3.07. The van der Waals surface area contributed by atoms with Crippen molar-refractivity contribution in [2.75, 3.05) is 12.4 Å². The van der Waals surface area contributed by atoms with Gasteiger partial charge >= 0.3 is 53.9 Å². The lowest BCUT2D eigenvalue weighted by molar-refractivity contribution is -0.443. The number of ether oxygens (including phenoxy) is 1. The Balaban J connectivity index is 2.42. The van der Waals surface area contributed by atoms with Crippen LogP contribution in [0, 0.1) is 0 Å². The molecule has 0 spiro atoms. The van der Waals surface area contributed by atoms with Gasteiger partial charge in [-0.05, 0) is 36.4 Å². The molecule has 2 rings (SSSR count). The van der Waals surface area contributed by atoms with E-state index in [-0.39, 0.29) is 17.9 Å². The fourth-order valence-corrected chi connectivity index (χ4v) is 3.07. The van der Waals surface area contributed by atoms with E-state index in [1.807, 2.05) is 0 Å². The van der Waals surface area contributed by atoms with Crippen LogP contribution in [0.4, 0.5) is 75.9 Å². The topological polar surface area (TPSA) is 55.4 Å². The van der Waals surface area contributed by atoms with Gasteiger partial charge in [-0.15, -0.1) is 0 Å². The molecule has 0 bridgehead atoms. The second-order valence-electron chi connectivity index (χ2n) is 8.44. The van der Waals surface area contributed by atoms with Crippen LogP contribution >= 0.6 is 0 Å². The van der Waals surface area contributed by atoms with Crippen LogP contribution in [0.3, 0.4) is 0 Å². The van der Waals surface area contributed by atoms with Crippen molar-refractivity contribution >= 4 is 17.4 Å². The Kier molecular flexibility index (Phi) is 9.13. The molecule has 2 aromatic rings. The molecule has 43 heavy (non-hydrogen) atoms. The summed E-state index contributed by atoms with van der Waals surface area (Å²) >= 11 is 0. The average molecular weight is 655 g/mol. The number of hydrogen-bond acceptors (Lipinski definition) is 4. The molecule has 0 aliphatic carbocycles. The lowest BCUT2D eigenvalue weighted by Crippen LogP contribution is -2.74. The van der Waals surface area contributed by atoms with Crippen LogP contribution in [0.2, 0.25) is 0 Å². The second-order valence-corrected chi connectivity index (χ2v) is 8.44. The highest BCUT2D eigenvalue weighted by molar-refractivity contribution is 6.03. The molecule has 0 unspecified atom stereocenters. The van der Waals surface area contributed by atoms with Crippen LogP contribution in [0.5, 0.6) is 5.75 Å². The van der Waals surface area contributed by atoms with E-state index in [4.69, 9.17) is 4.74 Å². The number of alkyl halides is 16. The highest BCUT2D eigenvalue weighted by atomic mass is 19.4. The first-order chi connectivity index (χ1) is 19.3. The van der Waals surface area contributed by atoms with E-state index in [0.29, 0.717) is 17.8 Å². The molecule has 0 amide bonds. The summed E-state index contributed by atoms with van der Waals surface area (Å²) in [6, 6.07) is 6.30. The quantitative estimate of drug-likeness (QED) is 0.110. The number of rotatable bonds is 12. The molecule has 1 N–H and O–H groups in total. The van der Waals surface area contributed by atoms with Crippen LogP contribution < -0.4 is 10.1 Å². The molecule has 0 fully saturated rings. The fraction of sp³-hybridized carbons (Fsp3) is 0.391. The number of benzene rings is 2. The van der Waals surface area contributed by atoms with Gasteiger partial charge in [0.25, 0.3) is 0 Å². The molecule has 0 atom stereocenters. The van der Waals surface area contributed by atoms with E-state index < -0.39 is 70.8 Å². The minimum absolute atomic E-state index is 0.0647. The minimum atomic E-state index is -8.62. The van der Waals surface area contributed by atoms with Gasteiger partial charge in [-0.2, -0.15) is 61.5 Å². The van der Waals surface area contributed by atoms with Gasteiger partial charge in [0.1, 0.15) is 5.75 Å². The zero-order valence-corrected chi connectivity index (χ0v) is 20.5. The number of carbonyl (C=O) groups excluding carboxylic acids is 2. The molecule has 2 aromatic carbocycles. The lowest BCUT2D eigenvalue weighted by Gasteiger charge is -2.42. The maximum absolute atomic E-state index is 14.3. The molecular formula is C23H13F16NO3. The maximum atomic E-state index is 14.3. The predicted octanol–water partition coefficient (Wildman–Crippen LogP) is 7.84. The Morgan fingerprint density at radius 1 is 0.605 bits per heavy atom. The first-order valence-corrected chi connectivity index (χ1v) is 10.8. The largest absolute Gasteiger partial charge is 0.423 e. The molecule has 0 aliphatic rings. The third-order valence-electron chi connectivity index (χ3n) is 5.69. The van der Waals surface area contributed by atoms with Crippen molar-refractivity contribution in [3.63, 3.8) is 0 Å². The summed E-state index contributed by atoms with van der Waals surface area (Å²) in [5, 5.41) is 2.72. The highest BCUT2D eigenvalue weighted by Crippen LogP contribution is 2.63. The molecule has 0 heterocycles. The lowest BCUT2D eigenvalue weighted by atomic mass is 9.87. The molecule has 0 saturated carbocycles. The normalized spacial score (nSPS) is 14.1. The van der Waals surface area contributed by atoms with Gasteiger partial charge in [0.05, 0.1) is 5.56 Å². The molecular weight excluding hydrogens is 642 g/mol. The summed E-state index contributed by atoms with van der Waals surface area (Å²) in [7, 11) is 1.54. The molecule has 0 radical (unpaired) electrons. The summed E-state index contributed by atoms with van der Waals surface area (Å²) in [5.41, 5.74) is -1.81. The van der Waals surface area contributed by atoms with Gasteiger partial charge in [0.2, 0.25) is 5.78 Å². The van der Waals surface area contributed by atoms with Crippen LogP contribution in [-0.4, -0.2) is 66.7 Å². The number of esters is 1. The van der Waals surface area contributed by atoms with Gasteiger partial charge < -0.3 is 10.1 Å². The Labute approximate surface area is 228 Å². The summed E-state index contributed by atoms with van der Waals surface area (Å²) < 4.78 is 221. The van der Waals surface area contributed by atoms with Gasteiger partial charge in [-0.1, -0.05) is 12.1 Å². The standard InChI is InChI=1S/C23H13F16NO3/c1-40-12-6-8-13(9-7-12)43-15(42)11-4-2-10(3-5-11)14(41)17(26,27)19(30,31)21(34,35)23(38,39)22(36,37)20(32,33)18(28,29)16(24)25/h2-9,16,40H,1H3. The van der Waals surface area contributed by atoms with Crippen LogP contribution in [0.1, 0.15) is 20.7 Å². The van der Waals surface area contributed by atoms with E-state index in [1.54, 1.807) is 7.05 Å². The summed E-state index contributed by atoms with van der Waals surface area (Å²) in [6.45, 7) is 0. The zero-order valence-electron chi connectivity index (χ0n) is 20.5. The van der Waals surface area contributed by atoms with Crippen molar-refractivity contribution in [3.05, 3.63) is 59.7 Å². The number of anilines is 1. The third-order valence-corrected chi connectivity index (χ3v) is 5.69. The van der Waals surface area contributed by atoms with Crippen molar-refractivity contribution in [2.24, 2.45) is 0 Å². The zero-order chi connectivity index (χ0) is 33.6. The van der Waals surface area contributed by atoms with E-state index in [9.17, 15) is 79.8 Å². The Hall–Kier alpha value is -3.74. The molecule has 4 nitrogen and oxygen atoms in total. The van der Waals surface area contributed by atoms with E-state index in [0.717, 1.165) is 0 Å². The van der Waals surface area contributed by atoms with Gasteiger partial charge in [-0.25, -0.2) is 13.6 Å². The number of halogens is 16. The first kappa shape index (κ1) is 35.5. The van der Waals surface area contributed by atoms with Crippen molar-refractivity contribution in [1.29, 1.82) is 0 Å². The number of nitrogens with one attached hydrogen (secondary N) is 1. The SMILES string of the molecule is CNc1ccc(OC(=O)c2ccc(C(=O)C(F)(F)C(F)(F)C(F)(F)C(F)(F)C(F)(F)C(F)(F)C(F)(F)C(F)F)cc2)cc1. The van der Waals surface area contributed by atoms with Gasteiger partial charge in [0.15, 0.2) is 0 Å². The molecule has 0 aromatic heterocycles. The van der Waals surface area contributed by atoms with Crippen LogP contribution in [-0.2, 0) is 0 Å².